The summed E-state index contributed by atoms with van der Waals surface area (Å²) in [6.07, 6.45) is 0.0200. The van der Waals surface area contributed by atoms with Gasteiger partial charge >= 0.3 is 6.09 Å². The summed E-state index contributed by atoms with van der Waals surface area (Å²) >= 11 is 6.15. The maximum absolute atomic E-state index is 14.0. The third-order valence-corrected chi connectivity index (χ3v) is 3.68. The van der Waals surface area contributed by atoms with Crippen molar-refractivity contribution in [2.24, 2.45) is 5.73 Å². The number of halogens is 2. The maximum atomic E-state index is 14.0. The van der Waals surface area contributed by atoms with Gasteiger partial charge in [-0.15, -0.1) is 0 Å². The first kappa shape index (κ1) is 16.0. The van der Waals surface area contributed by atoms with E-state index in [1.165, 1.54) is 17.0 Å². The fourth-order valence-electron chi connectivity index (χ4n) is 2.36. The molecule has 116 valence electrons. The van der Waals surface area contributed by atoms with Crippen molar-refractivity contribution >= 4 is 17.7 Å². The fourth-order valence-corrected chi connectivity index (χ4v) is 2.59. The standard InChI is InChI=1S/C15H20ClFN2O2/c1-15(2,3)21-14(20)19-7-6-12(18)13-9(8-19)10(16)4-5-11(13)17/h4-5,12H,6-8,18H2,1-3H3/t12-/m1/s1. The van der Waals surface area contributed by atoms with E-state index in [2.05, 4.69) is 0 Å². The Kier molecular flexibility index (Phi) is 4.44. The molecule has 1 aromatic carbocycles. The number of ether oxygens (including phenoxy) is 1. The van der Waals surface area contributed by atoms with E-state index in [1.54, 1.807) is 20.8 Å². The van der Waals surface area contributed by atoms with Gasteiger partial charge < -0.3 is 15.4 Å². The zero-order chi connectivity index (χ0) is 15.8. The highest BCUT2D eigenvalue weighted by molar-refractivity contribution is 6.31. The number of amides is 1. The van der Waals surface area contributed by atoms with Crippen LogP contribution < -0.4 is 5.73 Å². The molecule has 1 aliphatic rings. The molecule has 1 heterocycles. The number of fused-ring (bicyclic) bond motifs is 1. The smallest absolute Gasteiger partial charge is 0.410 e. The van der Waals surface area contributed by atoms with Crippen LogP contribution in [0.4, 0.5) is 9.18 Å². The minimum Gasteiger partial charge on any atom is -0.444 e. The molecule has 0 unspecified atom stereocenters. The van der Waals surface area contributed by atoms with Gasteiger partial charge in [0.2, 0.25) is 0 Å². The number of carbonyl (C=O) groups excluding carboxylic acids is 1. The summed E-state index contributed by atoms with van der Waals surface area (Å²) in [6, 6.07) is 2.32. The van der Waals surface area contributed by atoms with E-state index in [4.69, 9.17) is 22.1 Å². The molecule has 0 fully saturated rings. The minimum absolute atomic E-state index is 0.203. The van der Waals surface area contributed by atoms with Gasteiger partial charge in [-0.3, -0.25) is 0 Å². The molecule has 1 atom stereocenters. The number of nitrogens with zero attached hydrogens (tertiary/aromatic N) is 1. The number of rotatable bonds is 0. The molecule has 0 radical (unpaired) electrons. The number of hydrogen-bond donors (Lipinski definition) is 1. The van der Waals surface area contributed by atoms with E-state index in [-0.39, 0.29) is 12.4 Å². The first-order valence-electron chi connectivity index (χ1n) is 6.89. The zero-order valence-corrected chi connectivity index (χ0v) is 13.2. The average molecular weight is 315 g/mol. The quantitative estimate of drug-likeness (QED) is 0.795. The Morgan fingerprint density at radius 3 is 2.76 bits per heavy atom. The van der Waals surface area contributed by atoms with E-state index >= 15 is 0 Å². The Balaban J connectivity index is 2.31. The highest BCUT2D eigenvalue weighted by atomic mass is 35.5. The second kappa shape index (κ2) is 5.81. The lowest BCUT2D eigenvalue weighted by Gasteiger charge is -2.26. The number of nitrogens with two attached hydrogens (primary N) is 1. The summed E-state index contributed by atoms with van der Waals surface area (Å²) in [5, 5.41) is 0.414. The van der Waals surface area contributed by atoms with E-state index in [0.717, 1.165) is 0 Å². The number of carbonyl (C=O) groups is 1. The molecule has 0 saturated carbocycles. The lowest BCUT2D eigenvalue weighted by atomic mass is 9.99. The lowest BCUT2D eigenvalue weighted by molar-refractivity contribution is 0.0235. The summed E-state index contributed by atoms with van der Waals surface area (Å²) < 4.78 is 19.4. The van der Waals surface area contributed by atoms with Crippen molar-refractivity contribution in [1.29, 1.82) is 0 Å². The van der Waals surface area contributed by atoms with Crippen LogP contribution in [0.15, 0.2) is 12.1 Å². The molecule has 2 rings (SSSR count). The van der Waals surface area contributed by atoms with Gasteiger partial charge in [0.25, 0.3) is 0 Å². The first-order valence-corrected chi connectivity index (χ1v) is 7.27. The van der Waals surface area contributed by atoms with Gasteiger partial charge in [0.05, 0.1) is 6.54 Å². The Morgan fingerprint density at radius 2 is 2.14 bits per heavy atom. The maximum Gasteiger partial charge on any atom is 0.410 e. The van der Waals surface area contributed by atoms with Crippen molar-refractivity contribution in [2.45, 2.75) is 45.4 Å². The topological polar surface area (TPSA) is 55.6 Å². The van der Waals surface area contributed by atoms with Gasteiger partial charge in [-0.25, -0.2) is 9.18 Å². The van der Waals surface area contributed by atoms with Gasteiger partial charge in [-0.1, -0.05) is 11.6 Å². The van der Waals surface area contributed by atoms with Crippen molar-refractivity contribution in [3.63, 3.8) is 0 Å². The van der Waals surface area contributed by atoms with E-state index < -0.39 is 17.7 Å². The molecule has 0 spiro atoms. The lowest BCUT2D eigenvalue weighted by Crippen LogP contribution is -2.36. The van der Waals surface area contributed by atoms with Gasteiger partial charge in [-0.2, -0.15) is 0 Å². The Labute approximate surface area is 129 Å². The summed E-state index contributed by atoms with van der Waals surface area (Å²) in [4.78, 5) is 13.7. The molecule has 0 aromatic heterocycles. The van der Waals surface area contributed by atoms with Crippen molar-refractivity contribution in [2.75, 3.05) is 6.54 Å². The van der Waals surface area contributed by atoms with Crippen molar-refractivity contribution in [3.8, 4) is 0 Å². The van der Waals surface area contributed by atoms with Crippen LogP contribution in [0.1, 0.15) is 44.4 Å². The second-order valence-corrected chi connectivity index (χ2v) is 6.63. The summed E-state index contributed by atoms with van der Waals surface area (Å²) in [5.41, 5.74) is 6.40. The normalized spacial score (nSPS) is 19.0. The average Bonchev–Trinajstić information content (AvgIpc) is 2.52. The van der Waals surface area contributed by atoms with Gasteiger partial charge in [0.1, 0.15) is 11.4 Å². The fraction of sp³-hybridized carbons (Fsp3) is 0.533. The molecule has 21 heavy (non-hydrogen) atoms. The van der Waals surface area contributed by atoms with Crippen LogP contribution in [-0.2, 0) is 11.3 Å². The van der Waals surface area contributed by atoms with E-state index in [1.807, 2.05) is 0 Å². The minimum atomic E-state index is -0.583. The monoisotopic (exact) mass is 314 g/mol. The molecule has 0 bridgehead atoms. The van der Waals surface area contributed by atoms with Crippen molar-refractivity contribution < 1.29 is 13.9 Å². The van der Waals surface area contributed by atoms with Crippen molar-refractivity contribution in [3.05, 3.63) is 34.1 Å². The summed E-state index contributed by atoms with van der Waals surface area (Å²) in [6.45, 7) is 6.01. The van der Waals surface area contributed by atoms with Crippen LogP contribution in [0.3, 0.4) is 0 Å². The summed E-state index contributed by atoms with van der Waals surface area (Å²) in [5.74, 6) is -0.382. The Bertz CT molecular complexity index is 557. The molecule has 2 N–H and O–H groups in total. The number of hydrogen-bond acceptors (Lipinski definition) is 3. The highest BCUT2D eigenvalue weighted by Gasteiger charge is 2.29. The molecule has 1 amide bonds. The predicted molar refractivity (Wildman–Crippen MR) is 79.6 cm³/mol. The Hall–Kier alpha value is -1.33. The van der Waals surface area contributed by atoms with Crippen LogP contribution in [0.2, 0.25) is 5.02 Å². The molecule has 6 heteroatoms. The zero-order valence-electron chi connectivity index (χ0n) is 12.5. The molecule has 4 nitrogen and oxygen atoms in total. The van der Waals surface area contributed by atoms with Crippen LogP contribution in [0.25, 0.3) is 0 Å². The second-order valence-electron chi connectivity index (χ2n) is 6.22. The molecule has 0 aliphatic carbocycles. The molecular weight excluding hydrogens is 295 g/mol. The van der Waals surface area contributed by atoms with Gasteiger partial charge in [0.15, 0.2) is 0 Å². The van der Waals surface area contributed by atoms with Crippen LogP contribution in [-0.4, -0.2) is 23.1 Å². The summed E-state index contributed by atoms with van der Waals surface area (Å²) in [7, 11) is 0. The third-order valence-electron chi connectivity index (χ3n) is 3.33. The molecule has 1 aliphatic heterocycles. The first-order chi connectivity index (χ1) is 9.69. The Morgan fingerprint density at radius 1 is 1.48 bits per heavy atom. The van der Waals surface area contributed by atoms with E-state index in [9.17, 15) is 9.18 Å². The third kappa shape index (κ3) is 3.66. The predicted octanol–water partition coefficient (Wildman–Crippen LogP) is 3.62. The number of benzene rings is 1. The van der Waals surface area contributed by atoms with Crippen LogP contribution in [0, 0.1) is 5.82 Å². The largest absolute Gasteiger partial charge is 0.444 e. The molecule has 0 saturated heterocycles. The van der Waals surface area contributed by atoms with Crippen LogP contribution in [0.5, 0.6) is 0 Å². The van der Waals surface area contributed by atoms with Gasteiger partial charge in [-0.05, 0) is 44.9 Å². The molecular formula is C15H20ClFN2O2. The highest BCUT2D eigenvalue weighted by Crippen LogP contribution is 2.32. The van der Waals surface area contributed by atoms with E-state index in [0.29, 0.717) is 29.1 Å². The SMILES string of the molecule is CC(C)(C)OC(=O)N1CC[C@@H](N)c2c(F)ccc(Cl)c2C1. The van der Waals surface area contributed by atoms with Crippen molar-refractivity contribution in [1.82, 2.24) is 4.90 Å². The van der Waals surface area contributed by atoms with Gasteiger partial charge in [0, 0.05) is 23.2 Å². The molecule has 1 aromatic rings. The van der Waals surface area contributed by atoms with Crippen LogP contribution >= 0.6 is 11.6 Å².